The van der Waals surface area contributed by atoms with Crippen LogP contribution >= 0.6 is 0 Å². The highest BCUT2D eigenvalue weighted by molar-refractivity contribution is 7.91. The molecule has 1 atom stereocenters. The van der Waals surface area contributed by atoms with E-state index in [1.807, 2.05) is 0 Å². The number of sulfone groups is 1. The number of amides is 1. The van der Waals surface area contributed by atoms with Crippen LogP contribution in [0.15, 0.2) is 0 Å². The summed E-state index contributed by atoms with van der Waals surface area (Å²) in [7, 11) is -2.96. The molecule has 0 bridgehead atoms. The van der Waals surface area contributed by atoms with Gasteiger partial charge in [0, 0.05) is 25.6 Å². The van der Waals surface area contributed by atoms with Crippen molar-refractivity contribution in [2.75, 3.05) is 24.6 Å². The van der Waals surface area contributed by atoms with Gasteiger partial charge in [0.15, 0.2) is 9.84 Å². The van der Waals surface area contributed by atoms with Crippen LogP contribution in [0.5, 0.6) is 0 Å². The lowest BCUT2D eigenvalue weighted by atomic mass is 10.0. The largest absolute Gasteiger partial charge is 0.356 e. The quantitative estimate of drug-likeness (QED) is 0.713. The Hall–Kier alpha value is -0.620. The van der Waals surface area contributed by atoms with Gasteiger partial charge in [0.2, 0.25) is 5.91 Å². The van der Waals surface area contributed by atoms with Gasteiger partial charge in [-0.15, -0.1) is 0 Å². The first kappa shape index (κ1) is 15.8. The summed E-state index contributed by atoms with van der Waals surface area (Å²) in [6, 6.07) is -0.219. The van der Waals surface area contributed by atoms with Crippen molar-refractivity contribution >= 4 is 15.7 Å². The maximum Gasteiger partial charge on any atom is 0.221 e. The van der Waals surface area contributed by atoms with Crippen LogP contribution in [0.2, 0.25) is 0 Å². The molecule has 2 N–H and O–H groups in total. The van der Waals surface area contributed by atoms with E-state index in [4.69, 9.17) is 0 Å². The molecule has 5 nitrogen and oxygen atoms in total. The van der Waals surface area contributed by atoms with E-state index in [0.717, 1.165) is 18.9 Å². The van der Waals surface area contributed by atoms with Crippen molar-refractivity contribution in [3.05, 3.63) is 0 Å². The molecule has 1 saturated heterocycles. The molecule has 2 rings (SSSR count). The van der Waals surface area contributed by atoms with Crippen molar-refractivity contribution in [2.45, 2.75) is 51.0 Å². The summed E-state index contributed by atoms with van der Waals surface area (Å²) in [5.41, 5.74) is 0. The zero-order chi connectivity index (χ0) is 14.4. The summed E-state index contributed by atoms with van der Waals surface area (Å²) < 4.78 is 23.0. The molecule has 0 spiro atoms. The van der Waals surface area contributed by atoms with E-state index in [1.165, 1.54) is 32.1 Å². The van der Waals surface area contributed by atoms with Crippen LogP contribution < -0.4 is 10.6 Å². The van der Waals surface area contributed by atoms with Crippen molar-refractivity contribution in [3.8, 4) is 0 Å². The first-order valence-corrected chi connectivity index (χ1v) is 9.58. The third-order valence-corrected chi connectivity index (χ3v) is 6.06. The monoisotopic (exact) mass is 302 g/mol. The number of nitrogens with one attached hydrogen (secondary N) is 2. The Bertz CT molecular complexity index is 416. The van der Waals surface area contributed by atoms with E-state index in [2.05, 4.69) is 10.6 Å². The molecule has 1 amide bonds. The van der Waals surface area contributed by atoms with Crippen molar-refractivity contribution < 1.29 is 13.2 Å². The van der Waals surface area contributed by atoms with Gasteiger partial charge in [0.1, 0.15) is 0 Å². The van der Waals surface area contributed by atoms with Crippen LogP contribution in [0.3, 0.4) is 0 Å². The SMILES string of the molecule is O=C(CC1CS(=O)(=O)CCN1)NCCCC1CCCC1. The van der Waals surface area contributed by atoms with E-state index in [9.17, 15) is 13.2 Å². The van der Waals surface area contributed by atoms with Crippen molar-refractivity contribution in [1.29, 1.82) is 0 Å². The molecule has 2 fully saturated rings. The van der Waals surface area contributed by atoms with E-state index in [0.29, 0.717) is 6.54 Å². The van der Waals surface area contributed by atoms with Crippen LogP contribution in [-0.4, -0.2) is 45.0 Å². The molecule has 1 heterocycles. The Morgan fingerprint density at radius 1 is 1.25 bits per heavy atom. The number of carbonyl (C=O) groups excluding carboxylic acids is 1. The number of rotatable bonds is 6. The van der Waals surface area contributed by atoms with Crippen LogP contribution in [0.1, 0.15) is 44.9 Å². The lowest BCUT2D eigenvalue weighted by Crippen LogP contribution is -2.47. The predicted molar refractivity (Wildman–Crippen MR) is 79.3 cm³/mol. The summed E-state index contributed by atoms with van der Waals surface area (Å²) in [6.07, 6.45) is 7.92. The Kier molecular flexibility index (Phi) is 5.84. The first-order chi connectivity index (χ1) is 9.55. The van der Waals surface area contributed by atoms with Crippen LogP contribution in [0, 0.1) is 5.92 Å². The number of hydrogen-bond acceptors (Lipinski definition) is 4. The smallest absolute Gasteiger partial charge is 0.221 e. The van der Waals surface area contributed by atoms with Gasteiger partial charge in [-0.25, -0.2) is 8.42 Å². The molecular formula is C14H26N2O3S. The summed E-state index contributed by atoms with van der Waals surface area (Å²) in [5.74, 6) is 1.10. The molecule has 1 unspecified atom stereocenters. The Morgan fingerprint density at radius 3 is 2.70 bits per heavy atom. The summed E-state index contributed by atoms with van der Waals surface area (Å²) in [5, 5.41) is 6.01. The molecule has 6 heteroatoms. The van der Waals surface area contributed by atoms with Crippen LogP contribution in [-0.2, 0) is 14.6 Å². The first-order valence-electron chi connectivity index (χ1n) is 7.76. The van der Waals surface area contributed by atoms with Gasteiger partial charge in [0.05, 0.1) is 11.5 Å². The van der Waals surface area contributed by atoms with E-state index < -0.39 is 9.84 Å². The second kappa shape index (κ2) is 7.41. The lowest BCUT2D eigenvalue weighted by molar-refractivity contribution is -0.121. The Labute approximate surface area is 121 Å². The van der Waals surface area contributed by atoms with E-state index >= 15 is 0 Å². The maximum absolute atomic E-state index is 11.8. The fraction of sp³-hybridized carbons (Fsp3) is 0.929. The van der Waals surface area contributed by atoms with Gasteiger partial charge in [-0.05, 0) is 18.8 Å². The van der Waals surface area contributed by atoms with Crippen LogP contribution in [0.25, 0.3) is 0 Å². The van der Waals surface area contributed by atoms with Crippen LogP contribution in [0.4, 0.5) is 0 Å². The molecule has 1 saturated carbocycles. The minimum absolute atomic E-state index is 0.0361. The second-order valence-electron chi connectivity index (χ2n) is 6.11. The van der Waals surface area contributed by atoms with Gasteiger partial charge >= 0.3 is 0 Å². The Morgan fingerprint density at radius 2 is 2.00 bits per heavy atom. The normalized spacial score (nSPS) is 26.5. The average Bonchev–Trinajstić information content (AvgIpc) is 2.86. The lowest BCUT2D eigenvalue weighted by Gasteiger charge is -2.23. The minimum atomic E-state index is -2.96. The molecule has 0 aromatic rings. The van der Waals surface area contributed by atoms with Crippen molar-refractivity contribution in [2.24, 2.45) is 5.92 Å². The third kappa shape index (κ3) is 5.40. The van der Waals surface area contributed by atoms with Crippen molar-refractivity contribution in [3.63, 3.8) is 0 Å². The fourth-order valence-electron chi connectivity index (χ4n) is 3.21. The molecule has 1 aliphatic carbocycles. The summed E-state index contributed by atoms with van der Waals surface area (Å²) in [6.45, 7) is 1.18. The molecule has 0 radical (unpaired) electrons. The highest BCUT2D eigenvalue weighted by atomic mass is 32.2. The number of carbonyl (C=O) groups is 1. The molecule has 1 aliphatic heterocycles. The summed E-state index contributed by atoms with van der Waals surface area (Å²) in [4.78, 5) is 11.8. The third-order valence-electron chi connectivity index (χ3n) is 4.32. The second-order valence-corrected chi connectivity index (χ2v) is 8.34. The maximum atomic E-state index is 11.8. The average molecular weight is 302 g/mol. The standard InChI is InChI=1S/C14H26N2O3S/c17-14(10-13-11-20(18,19)9-8-15-13)16-7-3-6-12-4-1-2-5-12/h12-13,15H,1-11H2,(H,16,17). The van der Waals surface area contributed by atoms with Gasteiger partial charge in [-0.3, -0.25) is 4.79 Å². The highest BCUT2D eigenvalue weighted by Gasteiger charge is 2.25. The van der Waals surface area contributed by atoms with Crippen molar-refractivity contribution in [1.82, 2.24) is 10.6 Å². The van der Waals surface area contributed by atoms with Gasteiger partial charge in [-0.2, -0.15) is 0 Å². The molecular weight excluding hydrogens is 276 g/mol. The zero-order valence-electron chi connectivity index (χ0n) is 12.1. The zero-order valence-corrected chi connectivity index (χ0v) is 12.9. The molecule has 0 aromatic carbocycles. The van der Waals surface area contributed by atoms with Gasteiger partial charge < -0.3 is 10.6 Å². The molecule has 0 aromatic heterocycles. The van der Waals surface area contributed by atoms with E-state index in [-0.39, 0.29) is 29.9 Å². The van der Waals surface area contributed by atoms with Gasteiger partial charge in [0.25, 0.3) is 0 Å². The molecule has 20 heavy (non-hydrogen) atoms. The summed E-state index contributed by atoms with van der Waals surface area (Å²) >= 11 is 0. The molecule has 116 valence electrons. The fourth-order valence-corrected chi connectivity index (χ4v) is 4.66. The predicted octanol–water partition coefficient (Wildman–Crippen LogP) is 0.850. The number of hydrogen-bond donors (Lipinski definition) is 2. The van der Waals surface area contributed by atoms with E-state index in [1.54, 1.807) is 0 Å². The van der Waals surface area contributed by atoms with Gasteiger partial charge in [-0.1, -0.05) is 25.7 Å². The topological polar surface area (TPSA) is 75.3 Å². The Balaban J connectivity index is 1.57. The highest BCUT2D eigenvalue weighted by Crippen LogP contribution is 2.28. The minimum Gasteiger partial charge on any atom is -0.356 e. The molecule has 2 aliphatic rings.